The van der Waals surface area contributed by atoms with Crippen molar-refractivity contribution < 1.29 is 9.53 Å². The van der Waals surface area contributed by atoms with Crippen molar-refractivity contribution >= 4 is 5.91 Å². The summed E-state index contributed by atoms with van der Waals surface area (Å²) >= 11 is 0. The van der Waals surface area contributed by atoms with E-state index in [9.17, 15) is 4.79 Å². The zero-order chi connectivity index (χ0) is 10.1. The molecule has 0 aromatic carbocycles. The molecule has 2 aliphatic rings. The lowest BCUT2D eigenvalue weighted by Crippen LogP contribution is -2.53. The molecular weight excluding hydrogens is 178 g/mol. The van der Waals surface area contributed by atoms with E-state index < -0.39 is 0 Å². The summed E-state index contributed by atoms with van der Waals surface area (Å²) in [7, 11) is 0. The van der Waals surface area contributed by atoms with Gasteiger partial charge in [0.25, 0.3) is 0 Å². The van der Waals surface area contributed by atoms with Crippen molar-refractivity contribution in [2.75, 3.05) is 13.2 Å². The molecule has 0 aromatic heterocycles. The fraction of sp³-hybridized carbons (Fsp3) is 0.909. The van der Waals surface area contributed by atoms with Crippen LogP contribution >= 0.6 is 0 Å². The molecule has 1 aliphatic carbocycles. The lowest BCUT2D eigenvalue weighted by Gasteiger charge is -2.41. The van der Waals surface area contributed by atoms with Crippen LogP contribution in [0.3, 0.4) is 0 Å². The lowest BCUT2D eigenvalue weighted by molar-refractivity contribution is -0.150. The summed E-state index contributed by atoms with van der Waals surface area (Å²) in [5, 5.41) is 0. The van der Waals surface area contributed by atoms with Crippen LogP contribution in [0.5, 0.6) is 0 Å². The van der Waals surface area contributed by atoms with Gasteiger partial charge in [-0.2, -0.15) is 0 Å². The fourth-order valence-corrected chi connectivity index (χ4v) is 2.13. The van der Waals surface area contributed by atoms with Crippen LogP contribution in [0.1, 0.15) is 33.1 Å². The molecule has 1 saturated heterocycles. The van der Waals surface area contributed by atoms with E-state index in [4.69, 9.17) is 4.74 Å². The molecule has 14 heavy (non-hydrogen) atoms. The Morgan fingerprint density at radius 1 is 1.36 bits per heavy atom. The third-order valence-electron chi connectivity index (χ3n) is 3.62. The highest BCUT2D eigenvalue weighted by Crippen LogP contribution is 2.30. The third kappa shape index (κ3) is 1.65. The Morgan fingerprint density at radius 3 is 2.64 bits per heavy atom. The van der Waals surface area contributed by atoms with Gasteiger partial charge in [-0.05, 0) is 26.7 Å². The van der Waals surface area contributed by atoms with Crippen LogP contribution in [0.15, 0.2) is 0 Å². The summed E-state index contributed by atoms with van der Waals surface area (Å²) in [5.74, 6) is 0.682. The summed E-state index contributed by atoms with van der Waals surface area (Å²) in [6.07, 6.45) is 3.60. The maximum Gasteiger partial charge on any atom is 0.226 e. The number of ether oxygens (including phenoxy) is 1. The van der Waals surface area contributed by atoms with Gasteiger partial charge in [-0.15, -0.1) is 0 Å². The molecule has 1 saturated carbocycles. The number of morpholine rings is 1. The molecule has 1 amide bonds. The molecule has 80 valence electrons. The molecule has 3 heteroatoms. The second kappa shape index (κ2) is 3.89. The van der Waals surface area contributed by atoms with Gasteiger partial charge < -0.3 is 9.64 Å². The van der Waals surface area contributed by atoms with E-state index in [0.717, 1.165) is 19.4 Å². The Bertz CT molecular complexity index is 225. The van der Waals surface area contributed by atoms with Gasteiger partial charge in [0.05, 0.1) is 18.8 Å². The van der Waals surface area contributed by atoms with Crippen molar-refractivity contribution in [1.82, 2.24) is 4.90 Å². The van der Waals surface area contributed by atoms with Crippen molar-refractivity contribution in [3.63, 3.8) is 0 Å². The Morgan fingerprint density at radius 2 is 2.07 bits per heavy atom. The zero-order valence-electron chi connectivity index (χ0n) is 9.03. The van der Waals surface area contributed by atoms with Gasteiger partial charge in [-0.1, -0.05) is 6.42 Å². The van der Waals surface area contributed by atoms with E-state index in [1.54, 1.807) is 0 Å². The molecule has 2 fully saturated rings. The molecule has 2 unspecified atom stereocenters. The Balaban J connectivity index is 1.97. The van der Waals surface area contributed by atoms with Gasteiger partial charge in [-0.3, -0.25) is 4.79 Å². The predicted octanol–water partition coefficient (Wildman–Crippen LogP) is 1.42. The van der Waals surface area contributed by atoms with E-state index in [1.165, 1.54) is 6.42 Å². The number of amides is 1. The quantitative estimate of drug-likeness (QED) is 0.636. The largest absolute Gasteiger partial charge is 0.375 e. The van der Waals surface area contributed by atoms with Crippen molar-refractivity contribution in [3.05, 3.63) is 0 Å². The molecule has 2 rings (SSSR count). The molecule has 1 heterocycles. The van der Waals surface area contributed by atoms with Crippen LogP contribution in [0.4, 0.5) is 0 Å². The molecule has 0 radical (unpaired) electrons. The topological polar surface area (TPSA) is 29.5 Å². The highest BCUT2D eigenvalue weighted by Gasteiger charge is 2.35. The normalized spacial score (nSPS) is 34.0. The number of carbonyl (C=O) groups excluding carboxylic acids is 1. The van der Waals surface area contributed by atoms with Gasteiger partial charge in [-0.25, -0.2) is 0 Å². The Kier molecular flexibility index (Phi) is 2.77. The third-order valence-corrected chi connectivity index (χ3v) is 3.62. The molecule has 2 atom stereocenters. The fourth-order valence-electron chi connectivity index (χ4n) is 2.13. The molecule has 1 aliphatic heterocycles. The van der Waals surface area contributed by atoms with Crippen molar-refractivity contribution in [2.45, 2.75) is 45.3 Å². The number of nitrogens with zero attached hydrogens (tertiary/aromatic N) is 1. The van der Waals surface area contributed by atoms with Crippen LogP contribution in [-0.2, 0) is 9.53 Å². The minimum atomic E-state index is 0.188. The van der Waals surface area contributed by atoms with Crippen LogP contribution in [0.25, 0.3) is 0 Å². The smallest absolute Gasteiger partial charge is 0.226 e. The standard InChI is InChI=1S/C11H19NO2/c1-8-9(2)14-7-6-12(8)11(13)10-4-3-5-10/h8-10H,3-7H2,1-2H3. The predicted molar refractivity (Wildman–Crippen MR) is 53.9 cm³/mol. The van der Waals surface area contributed by atoms with Crippen molar-refractivity contribution in [2.24, 2.45) is 5.92 Å². The summed E-state index contributed by atoms with van der Waals surface area (Å²) in [6.45, 7) is 5.61. The first-order valence-corrected chi connectivity index (χ1v) is 5.62. The van der Waals surface area contributed by atoms with Crippen molar-refractivity contribution in [1.29, 1.82) is 0 Å². The SMILES string of the molecule is CC1OCCN(C(=O)C2CCC2)C1C. The number of hydrogen-bond donors (Lipinski definition) is 0. The summed E-state index contributed by atoms with van der Waals surface area (Å²) in [5.41, 5.74) is 0. The monoisotopic (exact) mass is 197 g/mol. The average molecular weight is 197 g/mol. The van der Waals surface area contributed by atoms with Crippen LogP contribution < -0.4 is 0 Å². The highest BCUT2D eigenvalue weighted by atomic mass is 16.5. The first-order valence-electron chi connectivity index (χ1n) is 5.62. The number of hydrogen-bond acceptors (Lipinski definition) is 2. The van der Waals surface area contributed by atoms with E-state index in [0.29, 0.717) is 18.4 Å². The second-order valence-corrected chi connectivity index (χ2v) is 4.48. The summed E-state index contributed by atoms with van der Waals surface area (Å²) in [4.78, 5) is 14.0. The molecular formula is C11H19NO2. The van der Waals surface area contributed by atoms with Gasteiger partial charge in [0, 0.05) is 12.5 Å². The average Bonchev–Trinajstić information content (AvgIpc) is 2.06. The maximum absolute atomic E-state index is 12.0. The summed E-state index contributed by atoms with van der Waals surface area (Å²) in [6, 6.07) is 0.247. The first-order chi connectivity index (χ1) is 6.70. The van der Waals surface area contributed by atoms with E-state index in [-0.39, 0.29) is 12.1 Å². The van der Waals surface area contributed by atoms with Crippen LogP contribution in [0, 0.1) is 5.92 Å². The maximum atomic E-state index is 12.0. The van der Waals surface area contributed by atoms with Gasteiger partial charge >= 0.3 is 0 Å². The van der Waals surface area contributed by atoms with Crippen LogP contribution in [-0.4, -0.2) is 36.1 Å². The molecule has 0 aromatic rings. The first kappa shape index (κ1) is 9.97. The number of carbonyl (C=O) groups is 1. The van der Waals surface area contributed by atoms with Crippen molar-refractivity contribution in [3.8, 4) is 0 Å². The minimum Gasteiger partial charge on any atom is -0.375 e. The zero-order valence-corrected chi connectivity index (χ0v) is 9.03. The van der Waals surface area contributed by atoms with Gasteiger partial charge in [0.2, 0.25) is 5.91 Å². The highest BCUT2D eigenvalue weighted by molar-refractivity contribution is 5.80. The Hall–Kier alpha value is -0.570. The molecule has 0 N–H and O–H groups in total. The lowest BCUT2D eigenvalue weighted by atomic mass is 9.84. The number of rotatable bonds is 1. The van der Waals surface area contributed by atoms with Crippen LogP contribution in [0.2, 0.25) is 0 Å². The molecule has 0 spiro atoms. The van der Waals surface area contributed by atoms with Gasteiger partial charge in [0.1, 0.15) is 0 Å². The molecule has 0 bridgehead atoms. The second-order valence-electron chi connectivity index (χ2n) is 4.48. The van der Waals surface area contributed by atoms with E-state index in [2.05, 4.69) is 6.92 Å². The Labute approximate surface area is 85.4 Å². The van der Waals surface area contributed by atoms with Gasteiger partial charge in [0.15, 0.2) is 0 Å². The minimum absolute atomic E-state index is 0.188. The van der Waals surface area contributed by atoms with E-state index in [1.807, 2.05) is 11.8 Å². The summed E-state index contributed by atoms with van der Waals surface area (Å²) < 4.78 is 5.51. The van der Waals surface area contributed by atoms with E-state index >= 15 is 0 Å². The molecule has 3 nitrogen and oxygen atoms in total.